The van der Waals surface area contributed by atoms with Gasteiger partial charge in [0.05, 0.1) is 23.9 Å². The summed E-state index contributed by atoms with van der Waals surface area (Å²) in [5.74, 6) is -2.32. The molecule has 0 saturated carbocycles. The fourth-order valence-corrected chi connectivity index (χ4v) is 5.25. The molecule has 2 aliphatic rings. The predicted octanol–water partition coefficient (Wildman–Crippen LogP) is 4.02. The van der Waals surface area contributed by atoms with Crippen molar-refractivity contribution in [1.82, 2.24) is 24.6 Å². The summed E-state index contributed by atoms with van der Waals surface area (Å²) in [6, 6.07) is 11.6. The molecule has 0 radical (unpaired) electrons. The lowest BCUT2D eigenvalue weighted by atomic mass is 10.0. The van der Waals surface area contributed by atoms with E-state index in [1.54, 1.807) is 28.2 Å². The maximum absolute atomic E-state index is 13.6. The monoisotopic (exact) mass is 503 g/mol. The smallest absolute Gasteiger partial charge is 0.269 e. The lowest BCUT2D eigenvalue weighted by Gasteiger charge is -2.16. The Hall–Kier alpha value is -3.92. The highest BCUT2D eigenvalue weighted by Crippen LogP contribution is 2.31. The van der Waals surface area contributed by atoms with Crippen molar-refractivity contribution in [2.75, 3.05) is 31.1 Å². The van der Waals surface area contributed by atoms with Crippen molar-refractivity contribution in [3.8, 4) is 16.8 Å². The highest BCUT2D eigenvalue weighted by atomic mass is 19.3. The Morgan fingerprint density at radius 3 is 2.54 bits per heavy atom. The molecule has 2 fully saturated rings. The van der Waals surface area contributed by atoms with Gasteiger partial charge in [-0.25, -0.2) is 18.4 Å². The third-order valence-corrected chi connectivity index (χ3v) is 7.10. The summed E-state index contributed by atoms with van der Waals surface area (Å²) >= 11 is 0. The number of anilines is 1. The molecule has 0 atom stereocenters. The van der Waals surface area contributed by atoms with Gasteiger partial charge in [0.15, 0.2) is 5.69 Å². The lowest BCUT2D eigenvalue weighted by Crippen LogP contribution is -2.24. The van der Waals surface area contributed by atoms with Gasteiger partial charge in [0.2, 0.25) is 0 Å². The molecule has 190 valence electrons. The number of hydrogen-bond acceptors (Lipinski definition) is 6. The second-order valence-corrected chi connectivity index (χ2v) is 9.82. The number of benzene rings is 1. The summed E-state index contributed by atoms with van der Waals surface area (Å²) in [5.41, 5.74) is 9.83. The molecule has 0 spiro atoms. The fraction of sp³-hybridized carbons (Fsp3) is 0.333. The quantitative estimate of drug-likeness (QED) is 0.427. The van der Waals surface area contributed by atoms with Gasteiger partial charge >= 0.3 is 0 Å². The second-order valence-electron chi connectivity index (χ2n) is 9.82. The van der Waals surface area contributed by atoms with E-state index in [0.29, 0.717) is 18.5 Å². The Labute approximate surface area is 212 Å². The minimum absolute atomic E-state index is 0.118. The number of halogens is 2. The third-order valence-electron chi connectivity index (χ3n) is 7.10. The Morgan fingerprint density at radius 2 is 1.84 bits per heavy atom. The summed E-state index contributed by atoms with van der Waals surface area (Å²) in [6.45, 7) is 2.54. The predicted molar refractivity (Wildman–Crippen MR) is 137 cm³/mol. The first kappa shape index (κ1) is 23.5. The van der Waals surface area contributed by atoms with Crippen LogP contribution < -0.4 is 10.6 Å². The number of aromatic nitrogens is 4. The summed E-state index contributed by atoms with van der Waals surface area (Å²) in [5, 5.41) is 5.14. The minimum Gasteiger partial charge on any atom is -0.364 e. The molecule has 4 aromatic rings. The van der Waals surface area contributed by atoms with Crippen LogP contribution in [0.4, 0.5) is 14.6 Å². The zero-order valence-corrected chi connectivity index (χ0v) is 20.3. The van der Waals surface area contributed by atoms with Gasteiger partial charge in [-0.3, -0.25) is 14.7 Å². The first-order chi connectivity index (χ1) is 17.9. The van der Waals surface area contributed by atoms with E-state index in [1.165, 1.54) is 12.8 Å². The largest absolute Gasteiger partial charge is 0.364 e. The number of hydrogen-bond donors (Lipinski definition) is 1. The van der Waals surface area contributed by atoms with E-state index >= 15 is 0 Å². The van der Waals surface area contributed by atoms with Gasteiger partial charge in [-0.1, -0.05) is 6.07 Å². The molecule has 8 nitrogen and oxygen atoms in total. The van der Waals surface area contributed by atoms with Crippen LogP contribution in [0.15, 0.2) is 55.0 Å². The van der Waals surface area contributed by atoms with Crippen LogP contribution >= 0.6 is 0 Å². The van der Waals surface area contributed by atoms with Crippen LogP contribution in [0.25, 0.3) is 27.7 Å². The van der Waals surface area contributed by atoms with Crippen LogP contribution in [0, 0.1) is 0 Å². The van der Waals surface area contributed by atoms with E-state index in [1.807, 2.05) is 36.4 Å². The molecular weight excluding hydrogens is 476 g/mol. The number of carbonyl (C=O) groups is 1. The van der Waals surface area contributed by atoms with E-state index in [9.17, 15) is 13.6 Å². The highest BCUT2D eigenvalue weighted by molar-refractivity contribution is 6.05. The summed E-state index contributed by atoms with van der Waals surface area (Å²) < 4.78 is 28.9. The first-order valence-electron chi connectivity index (χ1n) is 12.4. The number of nitrogens with zero attached hydrogens (tertiary/aromatic N) is 6. The molecule has 2 aliphatic heterocycles. The van der Waals surface area contributed by atoms with Crippen molar-refractivity contribution in [3.05, 3.63) is 66.2 Å². The summed E-state index contributed by atoms with van der Waals surface area (Å²) in [4.78, 5) is 25.2. The average molecular weight is 504 g/mol. The van der Waals surface area contributed by atoms with Crippen molar-refractivity contribution in [2.24, 2.45) is 5.73 Å². The van der Waals surface area contributed by atoms with Gasteiger partial charge in [-0.15, -0.1) is 0 Å². The number of amides is 1. The molecular formula is C27H27F2N7O. The molecule has 1 amide bonds. The number of primary amides is 1. The van der Waals surface area contributed by atoms with Crippen molar-refractivity contribution in [2.45, 2.75) is 31.7 Å². The molecule has 1 aromatic carbocycles. The van der Waals surface area contributed by atoms with Crippen molar-refractivity contribution in [1.29, 1.82) is 0 Å². The van der Waals surface area contributed by atoms with E-state index < -0.39 is 11.8 Å². The van der Waals surface area contributed by atoms with Crippen molar-refractivity contribution in [3.63, 3.8) is 0 Å². The third kappa shape index (κ3) is 4.64. The highest BCUT2D eigenvalue weighted by Gasteiger charge is 2.37. The molecule has 10 heteroatoms. The molecule has 2 N–H and O–H groups in total. The second kappa shape index (κ2) is 9.19. The molecule has 3 aromatic heterocycles. The zero-order valence-electron chi connectivity index (χ0n) is 20.3. The van der Waals surface area contributed by atoms with Gasteiger partial charge in [-0.05, 0) is 54.3 Å². The topological polar surface area (TPSA) is 93.2 Å². The molecule has 5 heterocycles. The number of alkyl halides is 2. The number of pyridine rings is 2. The number of rotatable bonds is 6. The van der Waals surface area contributed by atoms with Crippen molar-refractivity contribution >= 4 is 22.6 Å². The van der Waals surface area contributed by atoms with Crippen LogP contribution in [0.2, 0.25) is 0 Å². The van der Waals surface area contributed by atoms with Gasteiger partial charge in [-0.2, -0.15) is 5.10 Å². The number of nitrogens with two attached hydrogens (primary N) is 1. The minimum atomic E-state index is -2.63. The van der Waals surface area contributed by atoms with Crippen LogP contribution in [0.3, 0.4) is 0 Å². The van der Waals surface area contributed by atoms with E-state index in [4.69, 9.17) is 5.73 Å². The molecule has 0 unspecified atom stereocenters. The van der Waals surface area contributed by atoms with Crippen LogP contribution in [0.5, 0.6) is 0 Å². The Bertz CT molecular complexity index is 1460. The van der Waals surface area contributed by atoms with Gasteiger partial charge in [0.1, 0.15) is 5.82 Å². The molecule has 2 saturated heterocycles. The maximum Gasteiger partial charge on any atom is 0.269 e. The van der Waals surface area contributed by atoms with Crippen LogP contribution in [0.1, 0.15) is 35.3 Å². The standard InChI is InChI=1S/C27H27F2N7O/c28-27(29)7-10-34(17-27)16-18-11-20(14-31-13-18)19-3-5-23-22(12-19)25(26(30)37)33-36(23)21-4-6-24(32-15-21)35-8-1-2-9-35/h3-6,11-15H,1-2,7-10,16-17H2,(H2,30,37). The first-order valence-corrected chi connectivity index (χ1v) is 12.4. The van der Waals surface area contributed by atoms with E-state index in [2.05, 4.69) is 20.0 Å². The number of carbonyl (C=O) groups excluding carboxylic acids is 1. The van der Waals surface area contributed by atoms with Crippen LogP contribution in [-0.2, 0) is 6.54 Å². The maximum atomic E-state index is 13.6. The summed E-state index contributed by atoms with van der Waals surface area (Å²) in [6.07, 6.45) is 7.40. The van der Waals surface area contributed by atoms with E-state index in [0.717, 1.165) is 46.8 Å². The Balaban J connectivity index is 1.32. The normalized spacial score (nSPS) is 17.6. The summed E-state index contributed by atoms with van der Waals surface area (Å²) in [7, 11) is 0. The molecule has 6 rings (SSSR count). The van der Waals surface area contributed by atoms with Crippen molar-refractivity contribution < 1.29 is 13.6 Å². The SMILES string of the molecule is NC(=O)c1nn(-c2ccc(N3CCCC3)nc2)c2ccc(-c3cncc(CN4CCC(F)(F)C4)c3)cc12. The van der Waals surface area contributed by atoms with Gasteiger partial charge < -0.3 is 10.6 Å². The fourth-order valence-electron chi connectivity index (χ4n) is 5.25. The molecule has 0 aliphatic carbocycles. The molecule has 37 heavy (non-hydrogen) atoms. The number of likely N-dealkylation sites (tertiary alicyclic amines) is 1. The average Bonchev–Trinajstić information content (AvgIpc) is 3.63. The zero-order chi connectivity index (χ0) is 25.6. The Morgan fingerprint density at radius 1 is 1.00 bits per heavy atom. The lowest BCUT2D eigenvalue weighted by molar-refractivity contribution is 0.0115. The number of fused-ring (bicyclic) bond motifs is 1. The van der Waals surface area contributed by atoms with Crippen LogP contribution in [-0.4, -0.2) is 62.7 Å². The van der Waals surface area contributed by atoms with Gasteiger partial charge in [0.25, 0.3) is 11.8 Å². The van der Waals surface area contributed by atoms with Gasteiger partial charge in [0, 0.05) is 55.9 Å². The Kier molecular flexibility index (Phi) is 5.83. The molecule has 0 bridgehead atoms. The van der Waals surface area contributed by atoms with E-state index in [-0.39, 0.29) is 18.7 Å².